The fraction of sp³-hybridized carbons (Fsp3) is 0.429. The van der Waals surface area contributed by atoms with E-state index in [1.807, 2.05) is 0 Å². The molecule has 0 saturated heterocycles. The quantitative estimate of drug-likeness (QED) is 0.679. The van der Waals surface area contributed by atoms with Gasteiger partial charge >= 0.3 is 0 Å². The van der Waals surface area contributed by atoms with Crippen LogP contribution in [0.15, 0.2) is 10.7 Å². The second-order valence-electron chi connectivity index (χ2n) is 2.43. The molecule has 5 nitrogen and oxygen atoms in total. The van der Waals surface area contributed by atoms with Crippen molar-refractivity contribution in [1.29, 1.82) is 0 Å². The number of nitrogens with two attached hydrogens (primary N) is 1. The molecular formula is C7H11BrN4O. The number of nitrogens with one attached hydrogen (secondary N) is 1. The maximum atomic E-state index is 8.56. The molecule has 0 aliphatic heterocycles. The van der Waals surface area contributed by atoms with Crippen LogP contribution in [0.1, 0.15) is 6.42 Å². The third kappa shape index (κ3) is 3.16. The van der Waals surface area contributed by atoms with Crippen LogP contribution in [0.25, 0.3) is 0 Å². The van der Waals surface area contributed by atoms with E-state index < -0.39 is 0 Å². The van der Waals surface area contributed by atoms with Crippen molar-refractivity contribution < 1.29 is 5.11 Å². The van der Waals surface area contributed by atoms with Crippen LogP contribution >= 0.6 is 15.9 Å². The Morgan fingerprint density at radius 2 is 2.38 bits per heavy atom. The highest BCUT2D eigenvalue weighted by atomic mass is 79.9. The number of aliphatic hydroxyl groups is 1. The van der Waals surface area contributed by atoms with Gasteiger partial charge < -0.3 is 16.2 Å². The smallest absolute Gasteiger partial charge is 0.221 e. The lowest BCUT2D eigenvalue weighted by atomic mass is 10.4. The van der Waals surface area contributed by atoms with E-state index in [1.54, 1.807) is 6.20 Å². The van der Waals surface area contributed by atoms with Crippen molar-refractivity contribution in [3.05, 3.63) is 10.7 Å². The zero-order chi connectivity index (χ0) is 9.68. The number of nitrogen functional groups attached to an aromatic ring is 1. The minimum Gasteiger partial charge on any atom is -0.396 e. The molecule has 0 atom stereocenters. The third-order valence-electron chi connectivity index (χ3n) is 1.39. The first kappa shape index (κ1) is 10.2. The summed E-state index contributed by atoms with van der Waals surface area (Å²) in [5.74, 6) is 0.885. The number of anilines is 2. The molecule has 0 aliphatic rings. The SMILES string of the molecule is Nc1ncc(Br)c(NCCCO)n1. The molecule has 13 heavy (non-hydrogen) atoms. The molecular weight excluding hydrogens is 236 g/mol. The second kappa shape index (κ2) is 4.98. The first-order chi connectivity index (χ1) is 6.24. The molecule has 4 N–H and O–H groups in total. The summed E-state index contributed by atoms with van der Waals surface area (Å²) in [6.45, 7) is 0.816. The first-order valence-corrected chi connectivity index (χ1v) is 4.66. The van der Waals surface area contributed by atoms with Gasteiger partial charge in [0, 0.05) is 19.3 Å². The highest BCUT2D eigenvalue weighted by molar-refractivity contribution is 9.10. The summed E-state index contributed by atoms with van der Waals surface area (Å²) >= 11 is 3.28. The Kier molecular flexibility index (Phi) is 3.91. The van der Waals surface area contributed by atoms with E-state index in [0.717, 1.165) is 4.47 Å². The van der Waals surface area contributed by atoms with E-state index in [4.69, 9.17) is 10.8 Å². The van der Waals surface area contributed by atoms with Crippen LogP contribution in [-0.4, -0.2) is 28.2 Å². The summed E-state index contributed by atoms with van der Waals surface area (Å²) in [5, 5.41) is 11.6. The van der Waals surface area contributed by atoms with Gasteiger partial charge in [0.05, 0.1) is 4.47 Å². The Hall–Kier alpha value is -0.880. The summed E-state index contributed by atoms with van der Waals surface area (Å²) in [7, 11) is 0. The molecule has 6 heteroatoms. The second-order valence-corrected chi connectivity index (χ2v) is 3.28. The monoisotopic (exact) mass is 246 g/mol. The van der Waals surface area contributed by atoms with Crippen LogP contribution in [0.2, 0.25) is 0 Å². The summed E-state index contributed by atoms with van der Waals surface area (Å²) in [4.78, 5) is 7.77. The predicted octanol–water partition coefficient (Wildman–Crippen LogP) is 0.616. The van der Waals surface area contributed by atoms with Gasteiger partial charge in [-0.15, -0.1) is 0 Å². The van der Waals surface area contributed by atoms with E-state index in [0.29, 0.717) is 18.8 Å². The molecule has 72 valence electrons. The van der Waals surface area contributed by atoms with Crippen LogP contribution in [-0.2, 0) is 0 Å². The van der Waals surface area contributed by atoms with Crippen molar-refractivity contribution in [1.82, 2.24) is 9.97 Å². The Bertz CT molecular complexity index is 281. The van der Waals surface area contributed by atoms with Gasteiger partial charge in [-0.1, -0.05) is 0 Å². The molecule has 1 aromatic heterocycles. The van der Waals surface area contributed by atoms with Crippen molar-refractivity contribution in [2.45, 2.75) is 6.42 Å². The average Bonchev–Trinajstić information content (AvgIpc) is 2.11. The minimum absolute atomic E-state index is 0.158. The van der Waals surface area contributed by atoms with E-state index in [2.05, 4.69) is 31.2 Å². The standard InChI is InChI=1S/C7H11BrN4O/c8-5-4-11-7(9)12-6(5)10-2-1-3-13/h4,13H,1-3H2,(H3,9,10,11,12). The summed E-state index contributed by atoms with van der Waals surface area (Å²) in [6.07, 6.45) is 2.26. The van der Waals surface area contributed by atoms with Crippen LogP contribution < -0.4 is 11.1 Å². The molecule has 0 amide bonds. The maximum Gasteiger partial charge on any atom is 0.221 e. The normalized spacial score (nSPS) is 10.0. The Balaban J connectivity index is 2.59. The average molecular weight is 247 g/mol. The lowest BCUT2D eigenvalue weighted by Crippen LogP contribution is -2.07. The van der Waals surface area contributed by atoms with Gasteiger partial charge in [-0.3, -0.25) is 0 Å². The molecule has 0 saturated carbocycles. The van der Waals surface area contributed by atoms with E-state index in [-0.39, 0.29) is 12.6 Å². The number of halogens is 1. The molecule has 0 bridgehead atoms. The highest BCUT2D eigenvalue weighted by Crippen LogP contribution is 2.18. The van der Waals surface area contributed by atoms with Crippen LogP contribution in [0, 0.1) is 0 Å². The lowest BCUT2D eigenvalue weighted by Gasteiger charge is -2.05. The van der Waals surface area contributed by atoms with Crippen LogP contribution in [0.3, 0.4) is 0 Å². The lowest BCUT2D eigenvalue weighted by molar-refractivity contribution is 0.292. The van der Waals surface area contributed by atoms with Gasteiger partial charge in [-0.25, -0.2) is 4.98 Å². The number of rotatable bonds is 4. The van der Waals surface area contributed by atoms with Gasteiger partial charge in [-0.2, -0.15) is 4.98 Å². The van der Waals surface area contributed by atoms with Gasteiger partial charge in [-0.05, 0) is 22.4 Å². The zero-order valence-electron chi connectivity index (χ0n) is 7.00. The van der Waals surface area contributed by atoms with Crippen LogP contribution in [0.4, 0.5) is 11.8 Å². The number of nitrogens with zero attached hydrogens (tertiary/aromatic N) is 2. The molecule has 0 aromatic carbocycles. The Labute approximate surface area is 84.5 Å². The molecule has 0 aliphatic carbocycles. The molecule has 0 spiro atoms. The zero-order valence-corrected chi connectivity index (χ0v) is 8.58. The Morgan fingerprint density at radius 1 is 1.62 bits per heavy atom. The number of aliphatic hydroxyl groups excluding tert-OH is 1. The van der Waals surface area contributed by atoms with Gasteiger partial charge in [0.1, 0.15) is 5.82 Å². The maximum absolute atomic E-state index is 8.56. The topological polar surface area (TPSA) is 84.1 Å². The minimum atomic E-state index is 0.158. The van der Waals surface area contributed by atoms with Crippen LogP contribution in [0.5, 0.6) is 0 Å². The van der Waals surface area contributed by atoms with Gasteiger partial charge in [0.15, 0.2) is 0 Å². The fourth-order valence-electron chi connectivity index (χ4n) is 0.791. The Morgan fingerprint density at radius 3 is 3.08 bits per heavy atom. The molecule has 1 rings (SSSR count). The predicted molar refractivity (Wildman–Crippen MR) is 54.3 cm³/mol. The molecule has 0 radical (unpaired) electrons. The van der Waals surface area contributed by atoms with E-state index >= 15 is 0 Å². The number of hydrogen-bond donors (Lipinski definition) is 3. The van der Waals surface area contributed by atoms with E-state index in [9.17, 15) is 0 Å². The molecule has 1 heterocycles. The van der Waals surface area contributed by atoms with Crippen molar-refractivity contribution >= 4 is 27.7 Å². The van der Waals surface area contributed by atoms with E-state index in [1.165, 1.54) is 0 Å². The van der Waals surface area contributed by atoms with Crippen molar-refractivity contribution in [3.63, 3.8) is 0 Å². The van der Waals surface area contributed by atoms with Gasteiger partial charge in [0.25, 0.3) is 0 Å². The molecule has 0 fully saturated rings. The van der Waals surface area contributed by atoms with Crippen molar-refractivity contribution in [3.8, 4) is 0 Å². The summed E-state index contributed by atoms with van der Waals surface area (Å²) in [5.41, 5.74) is 5.40. The summed E-state index contributed by atoms with van der Waals surface area (Å²) < 4.78 is 0.764. The third-order valence-corrected chi connectivity index (χ3v) is 1.97. The van der Waals surface area contributed by atoms with Crippen molar-refractivity contribution in [2.75, 3.05) is 24.2 Å². The summed E-state index contributed by atoms with van der Waals surface area (Å²) in [6, 6.07) is 0. The molecule has 1 aromatic rings. The number of hydrogen-bond acceptors (Lipinski definition) is 5. The van der Waals surface area contributed by atoms with Crippen molar-refractivity contribution in [2.24, 2.45) is 0 Å². The highest BCUT2D eigenvalue weighted by Gasteiger charge is 2.01. The first-order valence-electron chi connectivity index (χ1n) is 3.87. The fourth-order valence-corrected chi connectivity index (χ4v) is 1.12. The van der Waals surface area contributed by atoms with Gasteiger partial charge in [0.2, 0.25) is 5.95 Å². The molecule has 0 unspecified atom stereocenters. The largest absolute Gasteiger partial charge is 0.396 e. The number of aromatic nitrogens is 2.